The zero-order chi connectivity index (χ0) is 21.4. The van der Waals surface area contributed by atoms with Crippen molar-refractivity contribution in [3.8, 4) is 0 Å². The van der Waals surface area contributed by atoms with Crippen molar-refractivity contribution in [3.05, 3.63) is 74.6 Å². The fourth-order valence-electron chi connectivity index (χ4n) is 4.81. The quantitative estimate of drug-likeness (QED) is 0.411. The Morgan fingerprint density at radius 1 is 1.03 bits per heavy atom. The first-order valence-electron chi connectivity index (χ1n) is 11.4. The SMILES string of the molecule is CCN(CC)Cc1nc2sc3c(c2c(=O)n1Cc1cccc2ccccc12)CCCC3. The van der Waals surface area contributed by atoms with Crippen molar-refractivity contribution >= 4 is 32.3 Å². The highest BCUT2D eigenvalue weighted by Crippen LogP contribution is 2.34. The molecule has 0 aliphatic heterocycles. The van der Waals surface area contributed by atoms with Crippen LogP contribution in [0.2, 0.25) is 0 Å². The molecular weight excluding hydrogens is 402 g/mol. The summed E-state index contributed by atoms with van der Waals surface area (Å²) in [5.41, 5.74) is 2.58. The van der Waals surface area contributed by atoms with Crippen LogP contribution < -0.4 is 5.56 Å². The minimum Gasteiger partial charge on any atom is -0.297 e. The fourth-order valence-corrected chi connectivity index (χ4v) is 6.08. The van der Waals surface area contributed by atoms with Crippen molar-refractivity contribution in [2.45, 2.75) is 52.6 Å². The summed E-state index contributed by atoms with van der Waals surface area (Å²) >= 11 is 1.74. The van der Waals surface area contributed by atoms with Gasteiger partial charge in [-0.1, -0.05) is 56.3 Å². The Bertz CT molecular complexity index is 1290. The third-order valence-corrected chi connectivity index (χ3v) is 7.81. The zero-order valence-electron chi connectivity index (χ0n) is 18.4. The summed E-state index contributed by atoms with van der Waals surface area (Å²) in [5.74, 6) is 0.882. The normalized spacial score (nSPS) is 13.9. The van der Waals surface area contributed by atoms with E-state index in [4.69, 9.17) is 4.98 Å². The number of aryl methyl sites for hydroxylation is 2. The Labute approximate surface area is 187 Å². The average molecular weight is 432 g/mol. The number of fused-ring (bicyclic) bond motifs is 4. The molecule has 160 valence electrons. The molecule has 0 amide bonds. The molecule has 0 saturated carbocycles. The highest BCUT2D eigenvalue weighted by atomic mass is 32.1. The number of rotatable bonds is 6. The van der Waals surface area contributed by atoms with Crippen LogP contribution in [0.1, 0.15) is 48.5 Å². The molecule has 5 rings (SSSR count). The second-order valence-corrected chi connectivity index (χ2v) is 9.49. The smallest absolute Gasteiger partial charge is 0.262 e. The van der Waals surface area contributed by atoms with Crippen molar-refractivity contribution in [3.63, 3.8) is 0 Å². The molecule has 5 heteroatoms. The zero-order valence-corrected chi connectivity index (χ0v) is 19.2. The van der Waals surface area contributed by atoms with Gasteiger partial charge in [0, 0.05) is 4.88 Å². The van der Waals surface area contributed by atoms with Crippen LogP contribution in [0.15, 0.2) is 47.3 Å². The molecule has 0 unspecified atom stereocenters. The molecule has 2 aromatic carbocycles. The first-order chi connectivity index (χ1) is 15.2. The highest BCUT2D eigenvalue weighted by Gasteiger charge is 2.23. The molecule has 0 fully saturated rings. The second-order valence-electron chi connectivity index (χ2n) is 8.41. The van der Waals surface area contributed by atoms with Crippen LogP contribution in [-0.2, 0) is 25.9 Å². The van der Waals surface area contributed by atoms with Gasteiger partial charge in [0.15, 0.2) is 0 Å². The van der Waals surface area contributed by atoms with Gasteiger partial charge in [-0.2, -0.15) is 0 Å². The van der Waals surface area contributed by atoms with E-state index in [1.54, 1.807) is 11.3 Å². The number of aromatic nitrogens is 2. The molecule has 1 aliphatic rings. The number of nitrogens with zero attached hydrogens (tertiary/aromatic N) is 3. The van der Waals surface area contributed by atoms with Crippen LogP contribution in [-0.4, -0.2) is 27.5 Å². The largest absolute Gasteiger partial charge is 0.297 e. The molecule has 0 bridgehead atoms. The summed E-state index contributed by atoms with van der Waals surface area (Å²) in [6.07, 6.45) is 4.49. The van der Waals surface area contributed by atoms with E-state index < -0.39 is 0 Å². The van der Waals surface area contributed by atoms with Crippen molar-refractivity contribution in [2.75, 3.05) is 13.1 Å². The van der Waals surface area contributed by atoms with Gasteiger partial charge < -0.3 is 0 Å². The van der Waals surface area contributed by atoms with E-state index in [2.05, 4.69) is 61.2 Å². The lowest BCUT2D eigenvalue weighted by atomic mass is 9.97. The van der Waals surface area contributed by atoms with Crippen molar-refractivity contribution in [2.24, 2.45) is 0 Å². The van der Waals surface area contributed by atoms with E-state index in [0.29, 0.717) is 13.1 Å². The molecule has 0 radical (unpaired) electrons. The molecule has 4 nitrogen and oxygen atoms in total. The van der Waals surface area contributed by atoms with Gasteiger partial charge >= 0.3 is 0 Å². The van der Waals surface area contributed by atoms with Gasteiger partial charge in [-0.15, -0.1) is 11.3 Å². The number of hydrogen-bond acceptors (Lipinski definition) is 4. The predicted octanol–water partition coefficient (Wildman–Crippen LogP) is 5.38. The van der Waals surface area contributed by atoms with Crippen molar-refractivity contribution in [1.82, 2.24) is 14.5 Å². The van der Waals surface area contributed by atoms with E-state index >= 15 is 0 Å². The van der Waals surface area contributed by atoms with Crippen LogP contribution in [0.25, 0.3) is 21.0 Å². The van der Waals surface area contributed by atoms with E-state index in [0.717, 1.165) is 42.0 Å². The summed E-state index contributed by atoms with van der Waals surface area (Å²) in [6, 6.07) is 14.8. The Kier molecular flexibility index (Phi) is 5.63. The Hall–Kier alpha value is -2.50. The van der Waals surface area contributed by atoms with Gasteiger partial charge in [0.2, 0.25) is 0 Å². The molecule has 2 heterocycles. The van der Waals surface area contributed by atoms with Crippen LogP contribution in [0.3, 0.4) is 0 Å². The van der Waals surface area contributed by atoms with Crippen molar-refractivity contribution in [1.29, 1.82) is 0 Å². The number of thiophene rings is 1. The summed E-state index contributed by atoms with van der Waals surface area (Å²) in [7, 11) is 0. The van der Waals surface area contributed by atoms with Gasteiger partial charge in [-0.05, 0) is 60.7 Å². The number of benzene rings is 2. The lowest BCUT2D eigenvalue weighted by Gasteiger charge is -2.21. The standard InChI is InChI=1S/C26H29N3OS/c1-3-28(4-2)17-23-27-25-24(21-14-7-8-15-22(21)31-25)26(30)29(23)16-19-12-9-11-18-10-5-6-13-20(18)19/h5-6,9-13H,3-4,7-8,14-17H2,1-2H3. The Balaban J connectivity index is 1.70. The van der Waals surface area contributed by atoms with E-state index in [1.165, 1.54) is 39.6 Å². The molecule has 1 aliphatic carbocycles. The molecule has 0 spiro atoms. The molecule has 4 aromatic rings. The Morgan fingerprint density at radius 2 is 1.81 bits per heavy atom. The van der Waals surface area contributed by atoms with Crippen molar-refractivity contribution < 1.29 is 0 Å². The van der Waals surface area contributed by atoms with E-state index in [1.807, 2.05) is 4.57 Å². The number of hydrogen-bond donors (Lipinski definition) is 0. The maximum absolute atomic E-state index is 13.9. The first-order valence-corrected chi connectivity index (χ1v) is 12.2. The monoisotopic (exact) mass is 431 g/mol. The lowest BCUT2D eigenvalue weighted by Crippen LogP contribution is -2.31. The van der Waals surface area contributed by atoms with Gasteiger partial charge in [0.1, 0.15) is 10.7 Å². The summed E-state index contributed by atoms with van der Waals surface area (Å²) in [6.45, 7) is 7.48. The molecule has 0 N–H and O–H groups in total. The fraction of sp³-hybridized carbons (Fsp3) is 0.385. The molecule has 31 heavy (non-hydrogen) atoms. The minimum absolute atomic E-state index is 0.138. The molecule has 2 aromatic heterocycles. The maximum Gasteiger partial charge on any atom is 0.262 e. The molecule has 0 atom stereocenters. The topological polar surface area (TPSA) is 38.1 Å². The second kappa shape index (κ2) is 8.56. The van der Waals surface area contributed by atoms with Crippen LogP contribution in [0.4, 0.5) is 0 Å². The van der Waals surface area contributed by atoms with Gasteiger partial charge in [-0.25, -0.2) is 4.98 Å². The van der Waals surface area contributed by atoms with Gasteiger partial charge in [0.25, 0.3) is 5.56 Å². The van der Waals surface area contributed by atoms with Crippen LogP contribution in [0.5, 0.6) is 0 Å². The summed E-state index contributed by atoms with van der Waals surface area (Å²) in [5, 5.41) is 3.29. The van der Waals surface area contributed by atoms with Gasteiger partial charge in [0.05, 0.1) is 18.5 Å². The maximum atomic E-state index is 13.9. The van der Waals surface area contributed by atoms with E-state index in [-0.39, 0.29) is 5.56 Å². The average Bonchev–Trinajstić information content (AvgIpc) is 3.18. The summed E-state index contributed by atoms with van der Waals surface area (Å²) < 4.78 is 1.95. The predicted molar refractivity (Wildman–Crippen MR) is 130 cm³/mol. The third kappa shape index (κ3) is 3.70. The van der Waals surface area contributed by atoms with E-state index in [9.17, 15) is 4.79 Å². The molecular formula is C26H29N3OS. The molecule has 0 saturated heterocycles. The van der Waals surface area contributed by atoms with Gasteiger partial charge in [-0.3, -0.25) is 14.3 Å². The van der Waals surface area contributed by atoms with Crippen LogP contribution >= 0.6 is 11.3 Å². The highest BCUT2D eigenvalue weighted by molar-refractivity contribution is 7.18. The lowest BCUT2D eigenvalue weighted by molar-refractivity contribution is 0.282. The summed E-state index contributed by atoms with van der Waals surface area (Å²) in [4.78, 5) is 23.6. The third-order valence-electron chi connectivity index (χ3n) is 6.62. The minimum atomic E-state index is 0.138. The Morgan fingerprint density at radius 3 is 2.65 bits per heavy atom. The first kappa shape index (κ1) is 20.4. The van der Waals surface area contributed by atoms with Crippen LogP contribution in [0, 0.1) is 0 Å².